The third-order valence-corrected chi connectivity index (χ3v) is 20.4. The summed E-state index contributed by atoms with van der Waals surface area (Å²) >= 11 is 1.89. The van der Waals surface area contributed by atoms with Gasteiger partial charge in [0.2, 0.25) is 0 Å². The summed E-state index contributed by atoms with van der Waals surface area (Å²) in [5.41, 5.74) is 7.25. The molecule has 0 heterocycles. The average molecular weight is 358 g/mol. The maximum atomic E-state index is 11.0. The Bertz CT molecular complexity index is 377. The Morgan fingerprint density at radius 3 is 2.59 bits per heavy atom. The van der Waals surface area contributed by atoms with E-state index >= 15 is 0 Å². The number of carbonyl (C=O) groups is 1. The second-order valence-corrected chi connectivity index (χ2v) is 19.6. The third kappa shape index (κ3) is 3.26. The van der Waals surface area contributed by atoms with Crippen molar-refractivity contribution in [2.75, 3.05) is 3.77 Å². The van der Waals surface area contributed by atoms with Crippen LogP contribution in [0, 0.1) is 0 Å². The number of aldehydes is 1. The summed E-state index contributed by atoms with van der Waals surface area (Å²) in [5, 5.41) is 0. The van der Waals surface area contributed by atoms with Crippen LogP contribution in [-0.2, 0) is 4.79 Å². The summed E-state index contributed by atoms with van der Waals surface area (Å²) in [4.78, 5) is 11.0. The van der Waals surface area contributed by atoms with Crippen molar-refractivity contribution in [2.24, 2.45) is 5.73 Å². The Labute approximate surface area is 113 Å². The Kier molecular flexibility index (Phi) is 6.03. The number of nitrogens with two attached hydrogens (primary N) is 1. The molecular weight excluding hydrogens is 337 g/mol. The van der Waals surface area contributed by atoms with E-state index < -0.39 is 18.4 Å². The van der Waals surface area contributed by atoms with Gasteiger partial charge < -0.3 is 0 Å². The summed E-state index contributed by atoms with van der Waals surface area (Å²) in [6.45, 7) is 4.19. The summed E-state index contributed by atoms with van der Waals surface area (Å²) in [6, 6.07) is 8.36. The van der Waals surface area contributed by atoms with E-state index in [4.69, 9.17) is 5.73 Å². The fourth-order valence-electron chi connectivity index (χ4n) is 2.24. The minimum absolute atomic E-state index is 0.0281. The van der Waals surface area contributed by atoms with Crippen LogP contribution in [0.3, 0.4) is 0 Å². The number of rotatable bonds is 6. The van der Waals surface area contributed by atoms with E-state index in [0.717, 1.165) is 14.5 Å². The minimum atomic E-state index is -2.64. The van der Waals surface area contributed by atoms with Crippen molar-refractivity contribution in [1.82, 2.24) is 0 Å². The van der Waals surface area contributed by atoms with Crippen molar-refractivity contribution in [2.45, 2.75) is 28.8 Å². The molecule has 1 rings (SSSR count). The van der Waals surface area contributed by atoms with Gasteiger partial charge in [-0.1, -0.05) is 0 Å². The van der Waals surface area contributed by atoms with E-state index in [0.29, 0.717) is 4.44 Å². The molecule has 0 aliphatic heterocycles. The Balaban J connectivity index is 3.31. The van der Waals surface area contributed by atoms with Crippen LogP contribution in [0.2, 0.25) is 8.87 Å². The zero-order chi connectivity index (χ0) is 12.9. The fourth-order valence-corrected chi connectivity index (χ4v) is 14.6. The van der Waals surface area contributed by atoms with Crippen molar-refractivity contribution in [3.8, 4) is 0 Å². The van der Waals surface area contributed by atoms with Crippen molar-refractivity contribution in [3.63, 3.8) is 0 Å². The molecule has 17 heavy (non-hydrogen) atoms. The number of hydrogen-bond donors (Lipinski definition) is 2. The second kappa shape index (κ2) is 6.80. The fraction of sp³-hybridized carbons (Fsp3) is 0.462. The molecule has 0 radical (unpaired) electrons. The maximum absolute atomic E-state index is 11.0. The summed E-state index contributed by atoms with van der Waals surface area (Å²) in [6.07, 6.45) is 1.08. The molecule has 0 fully saturated rings. The van der Waals surface area contributed by atoms with Crippen molar-refractivity contribution in [3.05, 3.63) is 29.8 Å². The van der Waals surface area contributed by atoms with Crippen LogP contribution in [0.5, 0.6) is 0 Å². The van der Waals surface area contributed by atoms with E-state index in [-0.39, 0.29) is 6.04 Å². The SMILES string of the molecule is C[CH2][Sn]([CH2]S)([CH2]C=O)[c]1ccccc1C(C)N. The zero-order valence-electron chi connectivity index (χ0n) is 10.5. The normalized spacial score (nSPS) is 16.2. The number of carbonyl (C=O) groups excluding carboxylic acids is 1. The molecule has 1 aromatic carbocycles. The third-order valence-electron chi connectivity index (χ3n) is 3.48. The Morgan fingerprint density at radius 2 is 2.12 bits per heavy atom. The van der Waals surface area contributed by atoms with Crippen molar-refractivity contribution < 1.29 is 4.79 Å². The van der Waals surface area contributed by atoms with Gasteiger partial charge in [-0.2, -0.15) is 0 Å². The molecule has 0 bridgehead atoms. The van der Waals surface area contributed by atoms with Gasteiger partial charge in [-0.25, -0.2) is 0 Å². The molecule has 2 atom stereocenters. The van der Waals surface area contributed by atoms with Crippen molar-refractivity contribution in [1.29, 1.82) is 0 Å². The summed E-state index contributed by atoms with van der Waals surface area (Å²) in [5.74, 6) is 0. The quantitative estimate of drug-likeness (QED) is 0.465. The first-order chi connectivity index (χ1) is 8.11. The molecule has 4 heteroatoms. The van der Waals surface area contributed by atoms with Gasteiger partial charge in [-0.05, 0) is 0 Å². The number of benzene rings is 1. The van der Waals surface area contributed by atoms with Crippen molar-refractivity contribution >= 4 is 40.9 Å². The molecule has 0 aliphatic rings. The molecule has 0 amide bonds. The first kappa shape index (κ1) is 15.1. The topological polar surface area (TPSA) is 43.1 Å². The molecular formula is C13H21NOSSn. The average Bonchev–Trinajstić information content (AvgIpc) is 2.36. The van der Waals surface area contributed by atoms with Crippen LogP contribution in [0.15, 0.2) is 24.3 Å². The van der Waals surface area contributed by atoms with Gasteiger partial charge in [0.15, 0.2) is 0 Å². The van der Waals surface area contributed by atoms with Gasteiger partial charge >= 0.3 is 114 Å². The van der Waals surface area contributed by atoms with Gasteiger partial charge in [0.1, 0.15) is 0 Å². The predicted molar refractivity (Wildman–Crippen MR) is 79.6 cm³/mol. The van der Waals surface area contributed by atoms with E-state index in [2.05, 4.69) is 37.8 Å². The monoisotopic (exact) mass is 359 g/mol. The van der Waals surface area contributed by atoms with Gasteiger partial charge in [0, 0.05) is 0 Å². The summed E-state index contributed by atoms with van der Waals surface area (Å²) < 4.78 is 4.05. The molecule has 2 unspecified atom stereocenters. The molecule has 0 saturated heterocycles. The van der Waals surface area contributed by atoms with Gasteiger partial charge in [0.25, 0.3) is 0 Å². The molecule has 0 aliphatic carbocycles. The van der Waals surface area contributed by atoms with Crippen LogP contribution in [0.25, 0.3) is 0 Å². The zero-order valence-corrected chi connectivity index (χ0v) is 14.3. The molecule has 1 aromatic rings. The van der Waals surface area contributed by atoms with E-state index in [1.54, 1.807) is 0 Å². The Hall–Kier alpha value is -0.00130. The Morgan fingerprint density at radius 1 is 1.47 bits per heavy atom. The van der Waals surface area contributed by atoms with Crippen LogP contribution in [-0.4, -0.2) is 28.4 Å². The van der Waals surface area contributed by atoms with Gasteiger partial charge in [0.05, 0.1) is 0 Å². The molecule has 0 saturated carbocycles. The first-order valence-electron chi connectivity index (χ1n) is 6.00. The number of thiol groups is 1. The van der Waals surface area contributed by atoms with Crippen LogP contribution in [0.4, 0.5) is 0 Å². The van der Waals surface area contributed by atoms with Crippen LogP contribution in [0.1, 0.15) is 25.5 Å². The van der Waals surface area contributed by atoms with Gasteiger partial charge in [-0.15, -0.1) is 0 Å². The molecule has 0 aromatic heterocycles. The predicted octanol–water partition coefficient (Wildman–Crippen LogP) is 2.05. The molecule has 2 N–H and O–H groups in total. The molecule has 2 nitrogen and oxygen atoms in total. The molecule has 94 valence electrons. The van der Waals surface area contributed by atoms with Gasteiger partial charge in [-0.3, -0.25) is 0 Å². The summed E-state index contributed by atoms with van der Waals surface area (Å²) in [7, 11) is 0. The van der Waals surface area contributed by atoms with Crippen LogP contribution >= 0.6 is 12.6 Å². The number of hydrogen-bond acceptors (Lipinski definition) is 3. The van der Waals surface area contributed by atoms with E-state index in [1.807, 2.05) is 13.0 Å². The standard InChI is InChI=1S/C8H10N.C2H3O.C2H5.CH3S.Sn/c1-7(9)8-5-3-2-4-6-8;1-2-3;2*1-2;/h2-5,7H,9H2,1H3;2H,1H2;1H2,2H3;2H,1H2;. The molecule has 0 spiro atoms. The second-order valence-electron chi connectivity index (χ2n) is 4.54. The first-order valence-corrected chi connectivity index (χ1v) is 14.1. The van der Waals surface area contributed by atoms with E-state index in [9.17, 15) is 4.79 Å². The van der Waals surface area contributed by atoms with E-state index in [1.165, 1.54) is 9.14 Å². The van der Waals surface area contributed by atoms with Crippen LogP contribution < -0.4 is 9.31 Å².